The number of anilines is 1. The van der Waals surface area contributed by atoms with Crippen LogP contribution < -0.4 is 4.90 Å². The summed E-state index contributed by atoms with van der Waals surface area (Å²) in [6.07, 6.45) is 6.23. The average Bonchev–Trinajstić information content (AvgIpc) is 2.85. The zero-order chi connectivity index (χ0) is 15.4. The summed E-state index contributed by atoms with van der Waals surface area (Å²) < 4.78 is 1.89. The molecule has 6 nitrogen and oxygen atoms in total. The van der Waals surface area contributed by atoms with E-state index in [9.17, 15) is 4.79 Å². The lowest BCUT2D eigenvalue weighted by Gasteiger charge is -2.34. The van der Waals surface area contributed by atoms with Crippen LogP contribution in [0, 0.1) is 5.92 Å². The monoisotopic (exact) mass is 312 g/mol. The molecule has 1 N–H and O–H groups in total. The maximum Gasteiger partial charge on any atom is 0.313 e. The van der Waals surface area contributed by atoms with Crippen LogP contribution in [0.3, 0.4) is 0 Å². The Kier molecular flexibility index (Phi) is 5.50. The maximum absolute atomic E-state index is 10.6. The van der Waals surface area contributed by atoms with Gasteiger partial charge in [-0.1, -0.05) is 25.1 Å². The lowest BCUT2D eigenvalue weighted by atomic mass is 9.84. The van der Waals surface area contributed by atoms with Gasteiger partial charge >= 0.3 is 5.97 Å². The predicted molar refractivity (Wildman–Crippen MR) is 83.8 cm³/mol. The summed E-state index contributed by atoms with van der Waals surface area (Å²) in [5.74, 6) is 0.867. The Morgan fingerprint density at radius 1 is 1.38 bits per heavy atom. The molecule has 1 aliphatic rings. The molecule has 118 valence electrons. The number of aliphatic carboxylic acids is 1. The average molecular weight is 312 g/mol. The quantitative estimate of drug-likeness (QED) is 0.813. The predicted octanol–water partition coefficient (Wildman–Crippen LogP) is 2.40. The van der Waals surface area contributed by atoms with Crippen molar-refractivity contribution in [2.24, 2.45) is 13.0 Å². The third-order valence-electron chi connectivity index (χ3n) is 4.39. The molecular weight excluding hydrogens is 288 g/mol. The molecular formula is C14H24N4O2S. The fourth-order valence-corrected chi connectivity index (χ4v) is 3.60. The van der Waals surface area contributed by atoms with Crippen LogP contribution in [0.5, 0.6) is 0 Å². The Morgan fingerprint density at radius 2 is 2.05 bits per heavy atom. The molecule has 0 amide bonds. The zero-order valence-corrected chi connectivity index (χ0v) is 13.8. The molecule has 0 atom stereocenters. The van der Waals surface area contributed by atoms with Gasteiger partial charge in [0.1, 0.15) is 0 Å². The number of aromatic nitrogens is 3. The molecule has 0 saturated heterocycles. The summed E-state index contributed by atoms with van der Waals surface area (Å²) in [4.78, 5) is 12.8. The van der Waals surface area contributed by atoms with E-state index >= 15 is 0 Å². The molecule has 0 aliphatic heterocycles. The molecule has 1 fully saturated rings. The van der Waals surface area contributed by atoms with Crippen molar-refractivity contribution in [3.63, 3.8) is 0 Å². The highest BCUT2D eigenvalue weighted by atomic mass is 32.2. The van der Waals surface area contributed by atoms with Gasteiger partial charge in [0.25, 0.3) is 0 Å². The largest absolute Gasteiger partial charge is 0.481 e. The number of rotatable bonds is 6. The number of carboxylic acids is 1. The van der Waals surface area contributed by atoms with Gasteiger partial charge in [-0.15, -0.1) is 10.2 Å². The Hall–Kier alpha value is -1.24. The van der Waals surface area contributed by atoms with Crippen LogP contribution in [0.1, 0.15) is 39.0 Å². The fraction of sp³-hybridized carbons (Fsp3) is 0.786. The van der Waals surface area contributed by atoms with E-state index in [1.165, 1.54) is 43.9 Å². The first-order valence-electron chi connectivity index (χ1n) is 7.49. The number of nitrogens with zero attached hydrogens (tertiary/aromatic N) is 4. The molecule has 7 heteroatoms. The van der Waals surface area contributed by atoms with E-state index in [0.29, 0.717) is 11.2 Å². The van der Waals surface area contributed by atoms with E-state index in [2.05, 4.69) is 29.1 Å². The third-order valence-corrected chi connectivity index (χ3v) is 5.40. The van der Waals surface area contributed by atoms with Gasteiger partial charge < -0.3 is 10.0 Å². The van der Waals surface area contributed by atoms with Gasteiger partial charge in [0, 0.05) is 20.1 Å². The molecule has 0 radical (unpaired) electrons. The Bertz CT molecular complexity index is 483. The molecule has 1 aliphatic carbocycles. The first-order chi connectivity index (χ1) is 10.0. The molecule has 1 heterocycles. The second kappa shape index (κ2) is 7.15. The maximum atomic E-state index is 10.6. The summed E-state index contributed by atoms with van der Waals surface area (Å²) >= 11 is 1.21. The third kappa shape index (κ3) is 3.90. The number of carbonyl (C=O) groups is 1. The van der Waals surface area contributed by atoms with E-state index in [1.807, 2.05) is 11.6 Å². The second-order valence-corrected chi connectivity index (χ2v) is 6.66. The number of thioether (sulfide) groups is 1. The molecule has 1 saturated carbocycles. The summed E-state index contributed by atoms with van der Waals surface area (Å²) in [7, 11) is 3.96. The summed E-state index contributed by atoms with van der Waals surface area (Å²) in [5, 5.41) is 17.7. The molecule has 0 aromatic carbocycles. The Labute approximate surface area is 129 Å². The van der Waals surface area contributed by atoms with Gasteiger partial charge in [-0.3, -0.25) is 9.36 Å². The van der Waals surface area contributed by atoms with E-state index in [1.54, 1.807) is 0 Å². The molecule has 1 aromatic heterocycles. The number of hydrogen-bond acceptors (Lipinski definition) is 5. The van der Waals surface area contributed by atoms with Crippen molar-refractivity contribution in [1.82, 2.24) is 14.8 Å². The first kappa shape index (κ1) is 16.1. The summed E-state index contributed by atoms with van der Waals surface area (Å²) in [5.41, 5.74) is 0. The van der Waals surface area contributed by atoms with Crippen LogP contribution >= 0.6 is 11.8 Å². The van der Waals surface area contributed by atoms with Crippen molar-refractivity contribution in [3.8, 4) is 0 Å². The lowest BCUT2D eigenvalue weighted by Crippen LogP contribution is -2.36. The van der Waals surface area contributed by atoms with E-state index in [4.69, 9.17) is 5.11 Å². The van der Waals surface area contributed by atoms with Gasteiger partial charge in [0.2, 0.25) is 5.95 Å². The van der Waals surface area contributed by atoms with Crippen LogP contribution in [0.25, 0.3) is 0 Å². The van der Waals surface area contributed by atoms with Gasteiger partial charge in [-0.05, 0) is 31.6 Å². The van der Waals surface area contributed by atoms with E-state index < -0.39 is 5.97 Å². The minimum absolute atomic E-state index is 0.0112. The minimum atomic E-state index is -0.837. The van der Waals surface area contributed by atoms with Crippen molar-refractivity contribution in [3.05, 3.63) is 0 Å². The van der Waals surface area contributed by atoms with Crippen LogP contribution in [-0.4, -0.2) is 44.7 Å². The van der Waals surface area contributed by atoms with E-state index in [0.717, 1.165) is 11.9 Å². The molecule has 1 aromatic rings. The first-order valence-corrected chi connectivity index (χ1v) is 8.48. The highest BCUT2D eigenvalue weighted by Crippen LogP contribution is 2.31. The number of hydrogen-bond donors (Lipinski definition) is 1. The minimum Gasteiger partial charge on any atom is -0.481 e. The normalized spacial score (nSPS) is 22.2. The van der Waals surface area contributed by atoms with E-state index in [-0.39, 0.29) is 5.75 Å². The van der Waals surface area contributed by atoms with Crippen molar-refractivity contribution in [2.75, 3.05) is 17.7 Å². The molecule has 0 bridgehead atoms. The Balaban J connectivity index is 1.99. The summed E-state index contributed by atoms with van der Waals surface area (Å²) in [6, 6.07) is 0.507. The van der Waals surface area contributed by atoms with Gasteiger partial charge in [0.05, 0.1) is 5.75 Å². The van der Waals surface area contributed by atoms with Crippen LogP contribution in [0.4, 0.5) is 5.95 Å². The SMILES string of the molecule is CCC1CCC(N(C)c2nnc(SCC(=O)O)n2C)CC1. The van der Waals surface area contributed by atoms with Crippen molar-refractivity contribution in [2.45, 2.75) is 50.2 Å². The van der Waals surface area contributed by atoms with Crippen LogP contribution in [0.2, 0.25) is 0 Å². The molecule has 0 spiro atoms. The molecule has 21 heavy (non-hydrogen) atoms. The summed E-state index contributed by atoms with van der Waals surface area (Å²) in [6.45, 7) is 2.27. The van der Waals surface area contributed by atoms with Gasteiger partial charge in [-0.2, -0.15) is 0 Å². The zero-order valence-electron chi connectivity index (χ0n) is 12.9. The Morgan fingerprint density at radius 3 is 2.62 bits per heavy atom. The van der Waals surface area contributed by atoms with Crippen LogP contribution in [0.15, 0.2) is 5.16 Å². The molecule has 2 rings (SSSR count). The smallest absolute Gasteiger partial charge is 0.313 e. The van der Waals surface area contributed by atoms with Gasteiger partial charge in [0.15, 0.2) is 5.16 Å². The van der Waals surface area contributed by atoms with Crippen molar-refractivity contribution in [1.29, 1.82) is 0 Å². The fourth-order valence-electron chi connectivity index (χ4n) is 2.97. The van der Waals surface area contributed by atoms with Crippen LogP contribution in [-0.2, 0) is 11.8 Å². The van der Waals surface area contributed by atoms with Crippen molar-refractivity contribution >= 4 is 23.7 Å². The second-order valence-electron chi connectivity index (χ2n) is 5.72. The topological polar surface area (TPSA) is 71.2 Å². The van der Waals surface area contributed by atoms with Gasteiger partial charge in [-0.25, -0.2) is 0 Å². The number of carboxylic acid groups (broad SMARTS) is 1. The standard InChI is InChI=1S/C14H24N4O2S/c1-4-10-5-7-11(8-6-10)17(2)13-15-16-14(18(13)3)21-9-12(19)20/h10-11H,4-9H2,1-3H3,(H,19,20). The van der Waals surface area contributed by atoms with Crippen molar-refractivity contribution < 1.29 is 9.90 Å². The highest BCUT2D eigenvalue weighted by Gasteiger charge is 2.26. The highest BCUT2D eigenvalue weighted by molar-refractivity contribution is 7.99. The lowest BCUT2D eigenvalue weighted by molar-refractivity contribution is -0.133. The molecule has 0 unspecified atom stereocenters.